The van der Waals surface area contributed by atoms with E-state index < -0.39 is 0 Å². The van der Waals surface area contributed by atoms with Gasteiger partial charge < -0.3 is 9.38 Å². The molecule has 0 bridgehead atoms. The first-order chi connectivity index (χ1) is 8.45. The molecule has 0 atom stereocenters. The first-order valence-corrected chi connectivity index (χ1v) is 7.94. The molecule has 0 aliphatic heterocycles. The second-order valence-corrected chi connectivity index (χ2v) is 6.79. The molecule has 2 nitrogen and oxygen atoms in total. The van der Waals surface area contributed by atoms with E-state index in [1.807, 2.05) is 0 Å². The summed E-state index contributed by atoms with van der Waals surface area (Å²) in [6.45, 7) is 6.14. The van der Waals surface area contributed by atoms with Crippen LogP contribution in [0.1, 0.15) is 58.3 Å². The zero-order valence-electron chi connectivity index (χ0n) is 13.7. The number of rotatable bonds is 12. The van der Waals surface area contributed by atoms with Crippen molar-refractivity contribution < 1.29 is 4.48 Å². The highest BCUT2D eigenvalue weighted by molar-refractivity contribution is 4.53. The van der Waals surface area contributed by atoms with Crippen molar-refractivity contribution in [2.24, 2.45) is 0 Å². The molecule has 0 aromatic carbocycles. The van der Waals surface area contributed by atoms with E-state index in [9.17, 15) is 0 Å². The second kappa shape index (κ2) is 10.8. The molecule has 0 aromatic heterocycles. The normalized spacial score (nSPS) is 12.3. The van der Waals surface area contributed by atoms with Gasteiger partial charge in [0.2, 0.25) is 0 Å². The lowest BCUT2D eigenvalue weighted by molar-refractivity contribution is -0.870. The van der Waals surface area contributed by atoms with Crippen molar-refractivity contribution in [1.82, 2.24) is 4.90 Å². The summed E-state index contributed by atoms with van der Waals surface area (Å²) in [5.74, 6) is 0. The Morgan fingerprint density at radius 2 is 1.22 bits per heavy atom. The Labute approximate surface area is 116 Å². The third-order valence-electron chi connectivity index (χ3n) is 3.51. The zero-order valence-corrected chi connectivity index (χ0v) is 13.7. The smallest absolute Gasteiger partial charge is 0.0780 e. The Kier molecular flexibility index (Phi) is 10.8. The van der Waals surface area contributed by atoms with Crippen molar-refractivity contribution in [1.29, 1.82) is 0 Å². The highest BCUT2D eigenvalue weighted by Gasteiger charge is 2.06. The quantitative estimate of drug-likeness (QED) is 0.380. The number of quaternary nitrogens is 1. The van der Waals surface area contributed by atoms with E-state index in [0.29, 0.717) is 0 Å². The highest BCUT2D eigenvalue weighted by Crippen LogP contribution is 2.06. The van der Waals surface area contributed by atoms with Crippen LogP contribution in [0.25, 0.3) is 0 Å². The minimum absolute atomic E-state index is 1.10. The Balaban J connectivity index is 3.25. The average Bonchev–Trinajstić information content (AvgIpc) is 2.28. The van der Waals surface area contributed by atoms with Crippen LogP contribution in [0.2, 0.25) is 0 Å². The molecular formula is C16H37N2+. The average molecular weight is 257 g/mol. The van der Waals surface area contributed by atoms with E-state index in [4.69, 9.17) is 0 Å². The van der Waals surface area contributed by atoms with Gasteiger partial charge in [0, 0.05) is 0 Å². The zero-order chi connectivity index (χ0) is 13.9. The molecule has 0 N–H and O–H groups in total. The fraction of sp³-hybridized carbons (Fsp3) is 1.00. The molecule has 0 aliphatic carbocycles. The van der Waals surface area contributed by atoms with Crippen LogP contribution in [0.5, 0.6) is 0 Å². The third kappa shape index (κ3) is 14.0. The molecule has 110 valence electrons. The largest absolute Gasteiger partial charge is 0.331 e. The van der Waals surface area contributed by atoms with Gasteiger partial charge >= 0.3 is 0 Å². The molecule has 0 aliphatic rings. The summed E-state index contributed by atoms with van der Waals surface area (Å²) in [6.07, 6.45) is 11.1. The van der Waals surface area contributed by atoms with Gasteiger partial charge in [0.1, 0.15) is 0 Å². The summed E-state index contributed by atoms with van der Waals surface area (Å²) in [7, 11) is 9.11. The van der Waals surface area contributed by atoms with E-state index in [2.05, 4.69) is 40.0 Å². The van der Waals surface area contributed by atoms with Crippen molar-refractivity contribution in [2.45, 2.75) is 58.3 Å². The number of hydrogen-bond acceptors (Lipinski definition) is 1. The van der Waals surface area contributed by atoms with Crippen molar-refractivity contribution in [3.05, 3.63) is 0 Å². The summed E-state index contributed by atoms with van der Waals surface area (Å²) in [5.41, 5.74) is 0. The third-order valence-corrected chi connectivity index (χ3v) is 3.51. The van der Waals surface area contributed by atoms with Gasteiger partial charge in [-0.25, -0.2) is 0 Å². The first kappa shape index (κ1) is 17.9. The molecule has 18 heavy (non-hydrogen) atoms. The van der Waals surface area contributed by atoms with E-state index in [-0.39, 0.29) is 0 Å². The Morgan fingerprint density at radius 1 is 0.722 bits per heavy atom. The monoisotopic (exact) mass is 257 g/mol. The molecule has 2 heteroatoms. The maximum Gasteiger partial charge on any atom is 0.0780 e. The Morgan fingerprint density at radius 3 is 1.78 bits per heavy atom. The Bertz CT molecular complexity index is 172. The highest BCUT2D eigenvalue weighted by atomic mass is 15.3. The molecule has 0 rings (SSSR count). The van der Waals surface area contributed by atoms with Gasteiger partial charge in [0.15, 0.2) is 0 Å². The van der Waals surface area contributed by atoms with Crippen LogP contribution >= 0.6 is 0 Å². The van der Waals surface area contributed by atoms with Crippen molar-refractivity contribution in [3.8, 4) is 0 Å². The van der Waals surface area contributed by atoms with Crippen LogP contribution in [0.3, 0.4) is 0 Å². The summed E-state index contributed by atoms with van der Waals surface area (Å²) in [4.78, 5) is 2.51. The molecule has 0 heterocycles. The van der Waals surface area contributed by atoms with Gasteiger partial charge in [-0.2, -0.15) is 0 Å². The first-order valence-electron chi connectivity index (χ1n) is 7.94. The lowest BCUT2D eigenvalue weighted by Crippen LogP contribution is -2.35. The molecule has 0 aromatic rings. The standard InChI is InChI=1S/C16H37N2/c1-6-7-8-9-10-11-14-17(2)15-12-13-16-18(3,4)5/h6-16H2,1-5H3/q+1. The number of nitrogens with zero attached hydrogens (tertiary/aromatic N) is 2. The maximum absolute atomic E-state index is 2.51. The lowest BCUT2D eigenvalue weighted by atomic mass is 10.1. The summed E-state index contributed by atoms with van der Waals surface area (Å²) < 4.78 is 1.10. The van der Waals surface area contributed by atoms with Gasteiger partial charge in [-0.15, -0.1) is 0 Å². The van der Waals surface area contributed by atoms with Crippen LogP contribution < -0.4 is 0 Å². The molecule has 0 saturated carbocycles. The van der Waals surface area contributed by atoms with Gasteiger partial charge in [0.25, 0.3) is 0 Å². The van der Waals surface area contributed by atoms with E-state index in [1.165, 1.54) is 71.0 Å². The minimum atomic E-state index is 1.10. The Hall–Kier alpha value is -0.0800. The predicted molar refractivity (Wildman–Crippen MR) is 83.0 cm³/mol. The topological polar surface area (TPSA) is 3.24 Å². The fourth-order valence-corrected chi connectivity index (χ4v) is 2.24. The van der Waals surface area contributed by atoms with E-state index >= 15 is 0 Å². The van der Waals surface area contributed by atoms with Crippen LogP contribution in [0.4, 0.5) is 0 Å². The molecule has 0 fully saturated rings. The van der Waals surface area contributed by atoms with Crippen LogP contribution in [0.15, 0.2) is 0 Å². The molecule has 0 radical (unpaired) electrons. The lowest BCUT2D eigenvalue weighted by Gasteiger charge is -2.24. The van der Waals surface area contributed by atoms with E-state index in [0.717, 1.165) is 4.48 Å². The fourth-order valence-electron chi connectivity index (χ4n) is 2.24. The molecular weight excluding hydrogens is 220 g/mol. The molecule has 0 saturated heterocycles. The van der Waals surface area contributed by atoms with Gasteiger partial charge in [0.05, 0.1) is 27.7 Å². The number of hydrogen-bond donors (Lipinski definition) is 0. The minimum Gasteiger partial charge on any atom is -0.331 e. The summed E-state index contributed by atoms with van der Waals surface area (Å²) >= 11 is 0. The van der Waals surface area contributed by atoms with Gasteiger partial charge in [-0.05, 0) is 39.4 Å². The van der Waals surface area contributed by atoms with Crippen LogP contribution in [-0.4, -0.2) is 57.2 Å². The SMILES string of the molecule is CCCCCCCCN(C)CCCC[N+](C)(C)C. The van der Waals surface area contributed by atoms with Crippen molar-refractivity contribution >= 4 is 0 Å². The van der Waals surface area contributed by atoms with Gasteiger partial charge in [-0.3, -0.25) is 0 Å². The van der Waals surface area contributed by atoms with Crippen LogP contribution in [0, 0.1) is 0 Å². The van der Waals surface area contributed by atoms with Crippen molar-refractivity contribution in [2.75, 3.05) is 47.8 Å². The summed E-state index contributed by atoms with van der Waals surface area (Å²) in [5, 5.41) is 0. The van der Waals surface area contributed by atoms with Crippen LogP contribution in [-0.2, 0) is 0 Å². The van der Waals surface area contributed by atoms with Crippen molar-refractivity contribution in [3.63, 3.8) is 0 Å². The predicted octanol–water partition coefficient (Wildman–Crippen LogP) is 3.77. The molecule has 0 amide bonds. The van der Waals surface area contributed by atoms with E-state index in [1.54, 1.807) is 0 Å². The molecule has 0 unspecified atom stereocenters. The number of unbranched alkanes of at least 4 members (excludes halogenated alkanes) is 6. The summed E-state index contributed by atoms with van der Waals surface area (Å²) in [6, 6.07) is 0. The van der Waals surface area contributed by atoms with Gasteiger partial charge in [-0.1, -0.05) is 39.0 Å². The molecule has 0 spiro atoms. The second-order valence-electron chi connectivity index (χ2n) is 6.79. The maximum atomic E-state index is 2.51.